The molecule has 0 amide bonds. The summed E-state index contributed by atoms with van der Waals surface area (Å²) in [5.74, 6) is 2.80. The van der Waals surface area contributed by atoms with Gasteiger partial charge in [0.05, 0.1) is 20.3 Å². The van der Waals surface area contributed by atoms with Crippen molar-refractivity contribution in [2.45, 2.75) is 53.1 Å². The van der Waals surface area contributed by atoms with Crippen LogP contribution in [0.1, 0.15) is 46.1 Å². The number of nitrogens with one attached hydrogen (secondary N) is 2. The molecule has 0 aliphatic heterocycles. The number of aliphatic imine (C=N–C) groups is 1. The van der Waals surface area contributed by atoms with E-state index in [0.29, 0.717) is 30.0 Å². The van der Waals surface area contributed by atoms with E-state index in [1.807, 2.05) is 18.2 Å². The van der Waals surface area contributed by atoms with Crippen molar-refractivity contribution in [3.05, 3.63) is 23.8 Å². The largest absolute Gasteiger partial charge is 0.493 e. The molecule has 3 N–H and O–H groups in total. The molecule has 1 atom stereocenters. The van der Waals surface area contributed by atoms with Gasteiger partial charge in [-0.3, -0.25) is 0 Å². The third kappa shape index (κ3) is 8.43. The zero-order chi connectivity index (χ0) is 19.4. The SMILES string of the molecule is CCNC(=NCc1ccc(OCCO)c(OC)c1)NC(C)CCC(C)C. The first-order chi connectivity index (χ1) is 12.5. The maximum Gasteiger partial charge on any atom is 0.191 e. The van der Waals surface area contributed by atoms with Crippen LogP contribution in [0, 0.1) is 5.92 Å². The highest BCUT2D eigenvalue weighted by atomic mass is 16.5. The summed E-state index contributed by atoms with van der Waals surface area (Å²) in [6.07, 6.45) is 2.31. The zero-order valence-corrected chi connectivity index (χ0v) is 16.8. The number of nitrogens with zero attached hydrogens (tertiary/aromatic N) is 1. The van der Waals surface area contributed by atoms with Gasteiger partial charge < -0.3 is 25.2 Å². The second-order valence-electron chi connectivity index (χ2n) is 6.77. The van der Waals surface area contributed by atoms with Crippen molar-refractivity contribution >= 4 is 5.96 Å². The predicted octanol–water partition coefficient (Wildman–Crippen LogP) is 2.95. The third-order valence-corrected chi connectivity index (χ3v) is 3.90. The summed E-state index contributed by atoms with van der Waals surface area (Å²) >= 11 is 0. The van der Waals surface area contributed by atoms with Crippen molar-refractivity contribution in [3.63, 3.8) is 0 Å². The Morgan fingerprint density at radius 3 is 2.58 bits per heavy atom. The summed E-state index contributed by atoms with van der Waals surface area (Å²) in [7, 11) is 1.61. The van der Waals surface area contributed by atoms with E-state index in [2.05, 4.69) is 43.3 Å². The lowest BCUT2D eigenvalue weighted by molar-refractivity contribution is 0.196. The Bertz CT molecular complexity index is 547. The minimum Gasteiger partial charge on any atom is -0.493 e. The number of ether oxygens (including phenoxy) is 2. The minimum atomic E-state index is -0.0259. The molecule has 0 aliphatic rings. The van der Waals surface area contributed by atoms with Crippen LogP contribution in [0.4, 0.5) is 0 Å². The normalized spacial score (nSPS) is 12.8. The summed E-state index contributed by atoms with van der Waals surface area (Å²) in [6, 6.07) is 6.11. The highest BCUT2D eigenvalue weighted by Gasteiger charge is 2.08. The topological polar surface area (TPSA) is 75.1 Å². The molecule has 0 radical (unpaired) electrons. The second kappa shape index (κ2) is 12.4. The summed E-state index contributed by atoms with van der Waals surface area (Å²) in [6.45, 7) is 10.3. The van der Waals surface area contributed by atoms with E-state index in [1.165, 1.54) is 6.42 Å². The Kier molecular flexibility index (Phi) is 10.5. The van der Waals surface area contributed by atoms with Crippen LogP contribution in [0.5, 0.6) is 11.5 Å². The van der Waals surface area contributed by atoms with E-state index in [0.717, 1.165) is 24.5 Å². The predicted molar refractivity (Wildman–Crippen MR) is 107 cm³/mol. The number of methoxy groups -OCH3 is 1. The first kappa shape index (κ1) is 22.1. The molecule has 0 bridgehead atoms. The molecule has 0 aliphatic carbocycles. The maximum absolute atomic E-state index is 8.88. The minimum absolute atomic E-state index is 0.0259. The molecule has 1 aromatic rings. The fraction of sp³-hybridized carbons (Fsp3) is 0.650. The Hall–Kier alpha value is -1.95. The lowest BCUT2D eigenvalue weighted by Gasteiger charge is -2.18. The van der Waals surface area contributed by atoms with E-state index < -0.39 is 0 Å². The van der Waals surface area contributed by atoms with E-state index in [1.54, 1.807) is 7.11 Å². The quantitative estimate of drug-likeness (QED) is 0.415. The van der Waals surface area contributed by atoms with Crippen LogP contribution in [-0.2, 0) is 6.54 Å². The molecule has 0 heterocycles. The molecule has 6 nitrogen and oxygen atoms in total. The number of hydrogen-bond acceptors (Lipinski definition) is 4. The molecule has 1 aromatic carbocycles. The molecule has 1 unspecified atom stereocenters. The number of benzene rings is 1. The first-order valence-electron chi connectivity index (χ1n) is 9.45. The molecular weight excluding hydrogens is 330 g/mol. The molecule has 6 heteroatoms. The molecular formula is C20H35N3O3. The van der Waals surface area contributed by atoms with Gasteiger partial charge in [0.2, 0.25) is 0 Å². The van der Waals surface area contributed by atoms with Crippen molar-refractivity contribution in [2.24, 2.45) is 10.9 Å². The molecule has 0 saturated heterocycles. The van der Waals surface area contributed by atoms with E-state index in [9.17, 15) is 0 Å². The average molecular weight is 366 g/mol. The lowest BCUT2D eigenvalue weighted by atomic mass is 10.0. The van der Waals surface area contributed by atoms with Crippen LogP contribution < -0.4 is 20.1 Å². The fourth-order valence-electron chi connectivity index (χ4n) is 2.46. The molecule has 148 valence electrons. The van der Waals surface area contributed by atoms with Crippen LogP contribution in [0.25, 0.3) is 0 Å². The van der Waals surface area contributed by atoms with Gasteiger partial charge in [-0.05, 0) is 50.3 Å². The Labute approximate surface area is 158 Å². The molecule has 0 spiro atoms. The lowest BCUT2D eigenvalue weighted by Crippen LogP contribution is -2.42. The van der Waals surface area contributed by atoms with Crippen LogP contribution in [-0.4, -0.2) is 44.0 Å². The average Bonchev–Trinajstić information content (AvgIpc) is 2.63. The molecule has 0 aromatic heterocycles. The van der Waals surface area contributed by atoms with Crippen LogP contribution in [0.2, 0.25) is 0 Å². The van der Waals surface area contributed by atoms with Crippen LogP contribution in [0.15, 0.2) is 23.2 Å². The van der Waals surface area contributed by atoms with Gasteiger partial charge in [-0.1, -0.05) is 19.9 Å². The molecule has 26 heavy (non-hydrogen) atoms. The highest BCUT2D eigenvalue weighted by molar-refractivity contribution is 5.80. The van der Waals surface area contributed by atoms with E-state index in [4.69, 9.17) is 14.6 Å². The number of aliphatic hydroxyl groups excluding tert-OH is 1. The second-order valence-corrected chi connectivity index (χ2v) is 6.77. The summed E-state index contributed by atoms with van der Waals surface area (Å²) in [4.78, 5) is 4.68. The number of hydrogen-bond donors (Lipinski definition) is 3. The van der Waals surface area contributed by atoms with Gasteiger partial charge in [-0.15, -0.1) is 0 Å². The zero-order valence-electron chi connectivity index (χ0n) is 16.8. The maximum atomic E-state index is 8.88. The first-order valence-corrected chi connectivity index (χ1v) is 9.45. The Balaban J connectivity index is 2.73. The van der Waals surface area contributed by atoms with Gasteiger partial charge in [-0.25, -0.2) is 4.99 Å². The standard InChI is InChI=1S/C20H35N3O3/c1-6-21-20(23-16(4)8-7-15(2)3)22-14-17-9-10-18(26-12-11-24)19(13-17)25-5/h9-10,13,15-16,24H,6-8,11-12,14H2,1-5H3,(H2,21,22,23). The monoisotopic (exact) mass is 365 g/mol. The van der Waals surface area contributed by atoms with Gasteiger partial charge in [0.1, 0.15) is 6.61 Å². The smallest absolute Gasteiger partial charge is 0.191 e. The van der Waals surface area contributed by atoms with Gasteiger partial charge in [0.25, 0.3) is 0 Å². The van der Waals surface area contributed by atoms with Gasteiger partial charge in [-0.2, -0.15) is 0 Å². The Morgan fingerprint density at radius 1 is 1.19 bits per heavy atom. The summed E-state index contributed by atoms with van der Waals surface area (Å²) < 4.78 is 10.8. The molecule has 0 fully saturated rings. The van der Waals surface area contributed by atoms with Crippen molar-refractivity contribution in [3.8, 4) is 11.5 Å². The summed E-state index contributed by atoms with van der Waals surface area (Å²) in [5, 5.41) is 15.6. The number of guanidine groups is 1. The third-order valence-electron chi connectivity index (χ3n) is 3.90. The highest BCUT2D eigenvalue weighted by Crippen LogP contribution is 2.28. The number of aliphatic hydroxyl groups is 1. The van der Waals surface area contributed by atoms with Crippen LogP contribution >= 0.6 is 0 Å². The van der Waals surface area contributed by atoms with Crippen molar-refractivity contribution in [2.75, 3.05) is 26.9 Å². The van der Waals surface area contributed by atoms with Gasteiger partial charge >= 0.3 is 0 Å². The van der Waals surface area contributed by atoms with Gasteiger partial charge in [0.15, 0.2) is 17.5 Å². The van der Waals surface area contributed by atoms with Gasteiger partial charge in [0, 0.05) is 12.6 Å². The van der Waals surface area contributed by atoms with E-state index in [-0.39, 0.29) is 13.2 Å². The fourth-order valence-corrected chi connectivity index (χ4v) is 2.46. The van der Waals surface area contributed by atoms with Crippen molar-refractivity contribution < 1.29 is 14.6 Å². The number of rotatable bonds is 11. The Morgan fingerprint density at radius 2 is 1.96 bits per heavy atom. The van der Waals surface area contributed by atoms with Crippen molar-refractivity contribution in [1.82, 2.24) is 10.6 Å². The van der Waals surface area contributed by atoms with Crippen LogP contribution in [0.3, 0.4) is 0 Å². The molecule has 1 rings (SSSR count). The van der Waals surface area contributed by atoms with Crippen molar-refractivity contribution in [1.29, 1.82) is 0 Å². The van der Waals surface area contributed by atoms with E-state index >= 15 is 0 Å². The summed E-state index contributed by atoms with van der Waals surface area (Å²) in [5.41, 5.74) is 1.03. The molecule has 0 saturated carbocycles.